The molecule has 0 aliphatic carbocycles. The second-order valence-corrected chi connectivity index (χ2v) is 7.24. The first-order valence-corrected chi connectivity index (χ1v) is 9.79. The van der Waals surface area contributed by atoms with Crippen molar-refractivity contribution in [3.8, 4) is 11.5 Å². The van der Waals surface area contributed by atoms with Crippen molar-refractivity contribution in [2.24, 2.45) is 0 Å². The molecule has 31 heavy (non-hydrogen) atoms. The molecule has 0 saturated carbocycles. The molecule has 0 atom stereocenters. The van der Waals surface area contributed by atoms with Crippen LogP contribution in [0.4, 0.5) is 15.8 Å². The predicted molar refractivity (Wildman–Crippen MR) is 114 cm³/mol. The van der Waals surface area contributed by atoms with E-state index < -0.39 is 11.7 Å². The van der Waals surface area contributed by atoms with Crippen LogP contribution in [0.2, 0.25) is 0 Å². The van der Waals surface area contributed by atoms with Crippen molar-refractivity contribution in [2.45, 2.75) is 19.8 Å². The van der Waals surface area contributed by atoms with E-state index in [1.165, 1.54) is 30.5 Å². The van der Waals surface area contributed by atoms with E-state index in [0.717, 1.165) is 6.42 Å². The van der Waals surface area contributed by atoms with Gasteiger partial charge in [0.25, 0.3) is 5.91 Å². The summed E-state index contributed by atoms with van der Waals surface area (Å²) >= 11 is 0. The van der Waals surface area contributed by atoms with Gasteiger partial charge in [0, 0.05) is 42.7 Å². The monoisotopic (exact) mass is 421 g/mol. The Bertz CT molecular complexity index is 1220. The number of ether oxygens (including phenoxy) is 1. The molecule has 4 rings (SSSR count). The van der Waals surface area contributed by atoms with Gasteiger partial charge in [-0.05, 0) is 55.3 Å². The second-order valence-electron chi connectivity index (χ2n) is 7.24. The zero-order chi connectivity index (χ0) is 22.0. The van der Waals surface area contributed by atoms with E-state index in [9.17, 15) is 18.8 Å². The van der Waals surface area contributed by atoms with Crippen LogP contribution in [-0.4, -0.2) is 23.3 Å². The Morgan fingerprint density at radius 1 is 1.10 bits per heavy atom. The summed E-state index contributed by atoms with van der Waals surface area (Å²) in [6.07, 6.45) is 2.66. The molecule has 1 aliphatic rings. The van der Waals surface area contributed by atoms with Crippen molar-refractivity contribution < 1.29 is 18.7 Å². The fourth-order valence-corrected chi connectivity index (χ4v) is 3.44. The van der Waals surface area contributed by atoms with Gasteiger partial charge in [-0.1, -0.05) is 0 Å². The van der Waals surface area contributed by atoms with Crippen molar-refractivity contribution in [3.05, 3.63) is 82.0 Å². The molecule has 3 aromatic rings. The number of aromatic nitrogens is 1. The number of aryl methyl sites for hydroxylation is 1. The number of carbonyl (C=O) groups is 2. The number of hydrogen-bond acceptors (Lipinski definition) is 4. The Morgan fingerprint density at radius 3 is 2.65 bits per heavy atom. The molecule has 158 valence electrons. The first-order chi connectivity index (χ1) is 14.9. The Balaban J connectivity index is 1.71. The third-order valence-corrected chi connectivity index (χ3v) is 4.98. The molecule has 0 radical (unpaired) electrons. The van der Waals surface area contributed by atoms with Gasteiger partial charge in [-0.2, -0.15) is 0 Å². The highest BCUT2D eigenvalue weighted by atomic mass is 19.1. The highest BCUT2D eigenvalue weighted by molar-refractivity contribution is 6.07. The standard InChI is InChI=1S/C23H20FN3O4/c1-14-11-15(24)4-7-19(14)31-20-13-17(27-10-2-3-22(27)29)5-6-18(20)23(30)26-16-8-9-25-21(28)12-16/h4-9,11-13H,2-3,10H2,1H3,(H2,25,26,28,30). The highest BCUT2D eigenvalue weighted by Gasteiger charge is 2.24. The van der Waals surface area contributed by atoms with E-state index in [1.807, 2.05) is 0 Å². The van der Waals surface area contributed by atoms with Crippen molar-refractivity contribution in [1.29, 1.82) is 0 Å². The number of rotatable bonds is 5. The van der Waals surface area contributed by atoms with Crippen LogP contribution in [0.15, 0.2) is 59.5 Å². The summed E-state index contributed by atoms with van der Waals surface area (Å²) in [5, 5.41) is 2.67. The second kappa shape index (κ2) is 8.43. The molecular weight excluding hydrogens is 401 g/mol. The normalized spacial score (nSPS) is 13.4. The average Bonchev–Trinajstić information content (AvgIpc) is 3.16. The van der Waals surface area contributed by atoms with Gasteiger partial charge in [0.05, 0.1) is 5.56 Å². The van der Waals surface area contributed by atoms with E-state index in [4.69, 9.17) is 4.74 Å². The van der Waals surface area contributed by atoms with Gasteiger partial charge >= 0.3 is 0 Å². The number of benzene rings is 2. The Hall–Kier alpha value is -3.94. The molecule has 2 heterocycles. The Labute approximate surface area is 177 Å². The number of H-pyrrole nitrogens is 1. The lowest BCUT2D eigenvalue weighted by Gasteiger charge is -2.19. The number of carbonyl (C=O) groups excluding carboxylic acids is 2. The fraction of sp³-hybridized carbons (Fsp3) is 0.174. The maximum atomic E-state index is 13.5. The van der Waals surface area contributed by atoms with Crippen LogP contribution < -0.4 is 20.5 Å². The van der Waals surface area contributed by atoms with Crippen molar-refractivity contribution >= 4 is 23.2 Å². The minimum Gasteiger partial charge on any atom is -0.456 e. The van der Waals surface area contributed by atoms with Crippen LogP contribution in [0, 0.1) is 12.7 Å². The van der Waals surface area contributed by atoms with Crippen LogP contribution in [0.3, 0.4) is 0 Å². The molecule has 2 amide bonds. The minimum atomic E-state index is -0.486. The number of aromatic amines is 1. The first kappa shape index (κ1) is 20.3. The zero-order valence-electron chi connectivity index (χ0n) is 16.8. The summed E-state index contributed by atoms with van der Waals surface area (Å²) in [5.41, 5.74) is 1.36. The van der Waals surface area contributed by atoms with Crippen molar-refractivity contribution in [1.82, 2.24) is 4.98 Å². The van der Waals surface area contributed by atoms with Gasteiger partial charge in [-0.25, -0.2) is 4.39 Å². The number of amides is 2. The molecule has 1 saturated heterocycles. The Kier molecular flexibility index (Phi) is 5.53. The van der Waals surface area contributed by atoms with Gasteiger partial charge < -0.3 is 19.9 Å². The molecule has 1 aromatic heterocycles. The van der Waals surface area contributed by atoms with E-state index in [1.54, 1.807) is 36.1 Å². The molecule has 0 spiro atoms. The number of nitrogens with zero attached hydrogens (tertiary/aromatic N) is 1. The van der Waals surface area contributed by atoms with Gasteiger partial charge in [0.15, 0.2) is 0 Å². The Morgan fingerprint density at radius 2 is 1.94 bits per heavy atom. The lowest BCUT2D eigenvalue weighted by atomic mass is 10.1. The maximum absolute atomic E-state index is 13.5. The lowest BCUT2D eigenvalue weighted by molar-refractivity contribution is -0.117. The van der Waals surface area contributed by atoms with Gasteiger partial charge in [0.2, 0.25) is 11.5 Å². The SMILES string of the molecule is Cc1cc(F)ccc1Oc1cc(N2CCCC2=O)ccc1C(=O)Nc1cc[nH]c(=O)c1. The van der Waals surface area contributed by atoms with E-state index in [2.05, 4.69) is 10.3 Å². The van der Waals surface area contributed by atoms with Crippen molar-refractivity contribution in [2.75, 3.05) is 16.8 Å². The van der Waals surface area contributed by atoms with Gasteiger partial charge in [0.1, 0.15) is 17.3 Å². The first-order valence-electron chi connectivity index (χ1n) is 9.79. The quantitative estimate of drug-likeness (QED) is 0.652. The van der Waals surface area contributed by atoms with E-state index in [-0.39, 0.29) is 22.8 Å². The molecule has 7 nitrogen and oxygen atoms in total. The van der Waals surface area contributed by atoms with Crippen LogP contribution in [-0.2, 0) is 4.79 Å². The van der Waals surface area contributed by atoms with Crippen LogP contribution in [0.5, 0.6) is 11.5 Å². The summed E-state index contributed by atoms with van der Waals surface area (Å²) in [4.78, 5) is 40.7. The number of halogens is 1. The zero-order valence-corrected chi connectivity index (χ0v) is 16.8. The fourth-order valence-electron chi connectivity index (χ4n) is 3.44. The van der Waals surface area contributed by atoms with Crippen LogP contribution in [0.25, 0.3) is 0 Å². The maximum Gasteiger partial charge on any atom is 0.259 e. The number of nitrogens with one attached hydrogen (secondary N) is 2. The molecule has 0 unspecified atom stereocenters. The highest BCUT2D eigenvalue weighted by Crippen LogP contribution is 2.33. The molecule has 1 fully saturated rings. The average molecular weight is 421 g/mol. The predicted octanol–water partition coefficient (Wildman–Crippen LogP) is 3.99. The largest absolute Gasteiger partial charge is 0.456 e. The van der Waals surface area contributed by atoms with Crippen LogP contribution >= 0.6 is 0 Å². The topological polar surface area (TPSA) is 91.5 Å². The summed E-state index contributed by atoms with van der Waals surface area (Å²) in [7, 11) is 0. The third-order valence-electron chi connectivity index (χ3n) is 4.98. The molecule has 2 aromatic carbocycles. The van der Waals surface area contributed by atoms with E-state index in [0.29, 0.717) is 35.7 Å². The molecule has 0 bridgehead atoms. The molecule has 1 aliphatic heterocycles. The summed E-state index contributed by atoms with van der Waals surface area (Å²) in [6.45, 7) is 2.29. The minimum absolute atomic E-state index is 0.00428. The summed E-state index contributed by atoms with van der Waals surface area (Å²) < 4.78 is 19.5. The third kappa shape index (κ3) is 4.48. The van der Waals surface area contributed by atoms with Crippen molar-refractivity contribution in [3.63, 3.8) is 0 Å². The lowest BCUT2D eigenvalue weighted by Crippen LogP contribution is -2.24. The van der Waals surface area contributed by atoms with Crippen LogP contribution in [0.1, 0.15) is 28.8 Å². The number of hydrogen-bond donors (Lipinski definition) is 2. The molecular formula is C23H20FN3O4. The number of anilines is 2. The smallest absolute Gasteiger partial charge is 0.259 e. The molecule has 8 heteroatoms. The van der Waals surface area contributed by atoms with Gasteiger partial charge in [-0.3, -0.25) is 14.4 Å². The van der Waals surface area contributed by atoms with E-state index >= 15 is 0 Å². The summed E-state index contributed by atoms with van der Waals surface area (Å²) in [5.74, 6) is -0.274. The number of pyridine rings is 1. The van der Waals surface area contributed by atoms with Gasteiger partial charge in [-0.15, -0.1) is 0 Å². The molecule has 2 N–H and O–H groups in total. The summed E-state index contributed by atoms with van der Waals surface area (Å²) in [6, 6.07) is 11.8.